The zero-order valence-corrected chi connectivity index (χ0v) is 26.6. The summed E-state index contributed by atoms with van der Waals surface area (Å²) in [7, 11) is 0. The summed E-state index contributed by atoms with van der Waals surface area (Å²) < 4.78 is 2.07. The number of pyridine rings is 1. The minimum atomic E-state index is -0.379. The molecule has 0 radical (unpaired) electrons. The summed E-state index contributed by atoms with van der Waals surface area (Å²) >= 11 is 0. The van der Waals surface area contributed by atoms with Crippen LogP contribution in [-0.4, -0.2) is 21.4 Å². The van der Waals surface area contributed by atoms with Crippen molar-refractivity contribution in [3.05, 3.63) is 175 Å². The van der Waals surface area contributed by atoms with E-state index in [0.29, 0.717) is 28.1 Å². The highest BCUT2D eigenvalue weighted by atomic mass is 16.2. The lowest BCUT2D eigenvalue weighted by molar-refractivity contribution is 0.0926. The van der Waals surface area contributed by atoms with Crippen LogP contribution in [-0.2, 0) is 0 Å². The van der Waals surface area contributed by atoms with Crippen molar-refractivity contribution in [1.82, 2.24) is 9.55 Å². The van der Waals surface area contributed by atoms with Crippen molar-refractivity contribution < 1.29 is 9.59 Å². The van der Waals surface area contributed by atoms with E-state index in [4.69, 9.17) is 0 Å². The predicted molar refractivity (Wildman–Crippen MR) is 197 cm³/mol. The molecule has 1 aliphatic rings. The predicted octanol–water partition coefficient (Wildman–Crippen LogP) is 9.85. The quantitative estimate of drug-likeness (QED) is 0.175. The van der Waals surface area contributed by atoms with E-state index in [-0.39, 0.29) is 11.8 Å². The van der Waals surface area contributed by atoms with Crippen LogP contribution in [0.4, 0.5) is 5.69 Å². The van der Waals surface area contributed by atoms with Gasteiger partial charge < -0.3 is 4.57 Å². The van der Waals surface area contributed by atoms with E-state index in [1.807, 2.05) is 121 Å². The lowest BCUT2D eigenvalue weighted by Crippen LogP contribution is -2.30. The van der Waals surface area contributed by atoms with E-state index < -0.39 is 0 Å². The largest absolute Gasteiger partial charge is 0.308 e. The Morgan fingerprint density at radius 1 is 0.500 bits per heavy atom. The van der Waals surface area contributed by atoms with Crippen molar-refractivity contribution in [2.75, 3.05) is 4.90 Å². The van der Waals surface area contributed by atoms with Crippen molar-refractivity contribution in [2.45, 2.75) is 0 Å². The molecule has 6 nitrogen and oxygen atoms in total. The van der Waals surface area contributed by atoms with Crippen LogP contribution in [0.2, 0.25) is 0 Å². The van der Waals surface area contributed by atoms with Crippen LogP contribution in [0.15, 0.2) is 158 Å². The molecular formula is C44H26N4O2. The highest BCUT2D eigenvalue weighted by Gasteiger charge is 2.40. The van der Waals surface area contributed by atoms with Gasteiger partial charge in [-0.25, -0.2) is 4.90 Å². The number of fused-ring (bicyclic) bond motifs is 4. The zero-order chi connectivity index (χ0) is 33.8. The maximum atomic E-state index is 14.8. The molecule has 0 unspecified atom stereocenters. The molecule has 234 valence electrons. The second kappa shape index (κ2) is 11.6. The molecular weight excluding hydrogens is 617 g/mol. The van der Waals surface area contributed by atoms with E-state index >= 15 is 0 Å². The molecule has 8 aromatic rings. The van der Waals surface area contributed by atoms with E-state index in [0.717, 1.165) is 55.2 Å². The maximum absolute atomic E-state index is 14.8. The molecule has 0 fully saturated rings. The molecule has 2 aromatic heterocycles. The zero-order valence-electron chi connectivity index (χ0n) is 26.6. The smallest absolute Gasteiger partial charge is 0.268 e. The standard InChI is InChI=1S/C44H26N4O2/c45-25-28-22-33(27-46-26-28)32-19-21-36-35-14-7-8-16-38(35)47(41(36)24-32)39-17-9-15-37-42(39)44(50)48(43(37)49)40-23-31(29-10-3-1-4-11-29)18-20-34(40)30-12-5-2-6-13-30/h1-24,26-27H. The first-order valence-corrected chi connectivity index (χ1v) is 16.3. The lowest BCUT2D eigenvalue weighted by atomic mass is 9.97. The van der Waals surface area contributed by atoms with Crippen molar-refractivity contribution in [3.8, 4) is 45.1 Å². The molecule has 0 atom stereocenters. The molecule has 6 aromatic carbocycles. The van der Waals surface area contributed by atoms with Gasteiger partial charge in [0.2, 0.25) is 0 Å². The van der Waals surface area contributed by atoms with E-state index in [1.54, 1.807) is 18.5 Å². The molecule has 2 amide bonds. The van der Waals surface area contributed by atoms with Crippen molar-refractivity contribution in [2.24, 2.45) is 0 Å². The Balaban J connectivity index is 1.25. The Kier molecular flexibility index (Phi) is 6.72. The molecule has 6 heteroatoms. The van der Waals surface area contributed by atoms with Gasteiger partial charge in [0, 0.05) is 34.3 Å². The van der Waals surface area contributed by atoms with Gasteiger partial charge in [-0.2, -0.15) is 5.26 Å². The summed E-state index contributed by atoms with van der Waals surface area (Å²) in [5.74, 6) is -0.744. The molecule has 1 aliphatic heterocycles. The topological polar surface area (TPSA) is 79.0 Å². The monoisotopic (exact) mass is 642 g/mol. The third kappa shape index (κ3) is 4.53. The first-order chi connectivity index (χ1) is 24.6. The first kappa shape index (κ1) is 29.1. The molecule has 0 aliphatic carbocycles. The van der Waals surface area contributed by atoms with Gasteiger partial charge in [-0.1, -0.05) is 109 Å². The molecule has 0 spiro atoms. The van der Waals surface area contributed by atoms with Crippen molar-refractivity contribution in [1.29, 1.82) is 5.26 Å². The molecule has 3 heterocycles. The van der Waals surface area contributed by atoms with Crippen LogP contribution in [0.1, 0.15) is 26.3 Å². The van der Waals surface area contributed by atoms with Crippen molar-refractivity contribution >= 4 is 39.3 Å². The van der Waals surface area contributed by atoms with Gasteiger partial charge in [0.05, 0.1) is 39.1 Å². The first-order valence-electron chi connectivity index (χ1n) is 16.3. The number of nitrogens with zero attached hydrogens (tertiary/aromatic N) is 4. The number of imide groups is 1. The van der Waals surface area contributed by atoms with Crippen LogP contribution in [0.5, 0.6) is 0 Å². The Morgan fingerprint density at radius 2 is 1.20 bits per heavy atom. The van der Waals surface area contributed by atoms with Crippen LogP contribution in [0, 0.1) is 11.3 Å². The number of carbonyl (C=O) groups is 2. The van der Waals surface area contributed by atoms with Crippen LogP contribution < -0.4 is 4.90 Å². The Hall–Kier alpha value is -7.10. The highest BCUT2D eigenvalue weighted by Crippen LogP contribution is 2.42. The number of benzene rings is 6. The van der Waals surface area contributed by atoms with Gasteiger partial charge in [-0.3, -0.25) is 14.6 Å². The number of hydrogen-bond donors (Lipinski definition) is 0. The van der Waals surface area contributed by atoms with Gasteiger partial charge in [0.15, 0.2) is 0 Å². The third-order valence-electron chi connectivity index (χ3n) is 9.44. The summed E-state index contributed by atoms with van der Waals surface area (Å²) in [5, 5.41) is 11.5. The summed E-state index contributed by atoms with van der Waals surface area (Å²) in [6.45, 7) is 0. The Bertz CT molecular complexity index is 2710. The lowest BCUT2D eigenvalue weighted by Gasteiger charge is -2.20. The fourth-order valence-corrected chi connectivity index (χ4v) is 7.13. The van der Waals surface area contributed by atoms with Crippen LogP contribution in [0.3, 0.4) is 0 Å². The molecule has 0 saturated heterocycles. The number of rotatable bonds is 5. The number of hydrogen-bond acceptors (Lipinski definition) is 4. The number of anilines is 1. The SMILES string of the molecule is N#Cc1cncc(-c2ccc3c4ccccc4n(-c4cccc5c4C(=O)N(c4cc(-c6ccccc6)ccc4-c4ccccc4)C5=O)c3c2)c1. The average molecular weight is 643 g/mol. The van der Waals surface area contributed by atoms with Crippen LogP contribution in [0.25, 0.3) is 60.9 Å². The summed E-state index contributed by atoms with van der Waals surface area (Å²) in [6, 6.07) is 49.4. The minimum Gasteiger partial charge on any atom is -0.308 e. The molecule has 0 bridgehead atoms. The normalized spacial score (nSPS) is 12.4. The fourth-order valence-electron chi connectivity index (χ4n) is 7.13. The summed E-state index contributed by atoms with van der Waals surface area (Å²) in [4.78, 5) is 34.9. The second-order valence-electron chi connectivity index (χ2n) is 12.3. The van der Waals surface area contributed by atoms with Crippen LogP contribution >= 0.6 is 0 Å². The van der Waals surface area contributed by atoms with Gasteiger partial charge >= 0.3 is 0 Å². The van der Waals surface area contributed by atoms with Gasteiger partial charge in [0.25, 0.3) is 11.8 Å². The maximum Gasteiger partial charge on any atom is 0.268 e. The number of amides is 2. The minimum absolute atomic E-state index is 0.350. The molecule has 50 heavy (non-hydrogen) atoms. The highest BCUT2D eigenvalue weighted by molar-refractivity contribution is 6.36. The second-order valence-corrected chi connectivity index (χ2v) is 12.3. The van der Waals surface area contributed by atoms with Gasteiger partial charge in [-0.05, 0) is 58.7 Å². The summed E-state index contributed by atoms with van der Waals surface area (Å²) in [5.41, 5.74) is 9.38. The number of aromatic nitrogens is 2. The van der Waals surface area contributed by atoms with E-state index in [1.165, 1.54) is 4.90 Å². The Labute approximate surface area is 287 Å². The average Bonchev–Trinajstić information content (AvgIpc) is 3.65. The fraction of sp³-hybridized carbons (Fsp3) is 0. The van der Waals surface area contributed by atoms with Crippen molar-refractivity contribution in [3.63, 3.8) is 0 Å². The molecule has 0 N–H and O–H groups in total. The number of carbonyl (C=O) groups excluding carboxylic acids is 2. The van der Waals surface area contributed by atoms with E-state index in [2.05, 4.69) is 33.8 Å². The molecule has 9 rings (SSSR count). The van der Waals surface area contributed by atoms with E-state index in [9.17, 15) is 14.9 Å². The number of para-hydroxylation sites is 1. The molecule has 0 saturated carbocycles. The third-order valence-corrected chi connectivity index (χ3v) is 9.44. The van der Waals surface area contributed by atoms with Gasteiger partial charge in [0.1, 0.15) is 6.07 Å². The Morgan fingerprint density at radius 3 is 2.00 bits per heavy atom. The summed E-state index contributed by atoms with van der Waals surface area (Å²) in [6.07, 6.45) is 3.28. The van der Waals surface area contributed by atoms with Gasteiger partial charge in [-0.15, -0.1) is 0 Å². The number of nitriles is 1.